The Morgan fingerprint density at radius 2 is 1.92 bits per heavy atom. The fourth-order valence-corrected chi connectivity index (χ4v) is 3.98. The average molecular weight is 337 g/mol. The van der Waals surface area contributed by atoms with Crippen molar-refractivity contribution in [3.8, 4) is 11.3 Å². The van der Waals surface area contributed by atoms with Crippen molar-refractivity contribution in [1.29, 1.82) is 0 Å². The molecular weight excluding hydrogens is 310 g/mol. The SMILES string of the molecule is c1ccc(-c2cccc(CN3CCC(CN4CCOCC4)C3)c2)nc1. The van der Waals surface area contributed by atoms with E-state index in [0.29, 0.717) is 0 Å². The lowest BCUT2D eigenvalue weighted by Gasteiger charge is -2.29. The molecule has 2 aliphatic heterocycles. The van der Waals surface area contributed by atoms with Gasteiger partial charge in [-0.25, -0.2) is 0 Å². The number of aromatic nitrogens is 1. The monoisotopic (exact) mass is 337 g/mol. The smallest absolute Gasteiger partial charge is 0.0702 e. The Bertz CT molecular complexity index is 670. The number of morpholine rings is 1. The molecule has 132 valence electrons. The van der Waals surface area contributed by atoms with Gasteiger partial charge in [0, 0.05) is 44.5 Å². The van der Waals surface area contributed by atoms with Crippen LogP contribution in [0.5, 0.6) is 0 Å². The molecule has 0 spiro atoms. The predicted molar refractivity (Wildman–Crippen MR) is 100 cm³/mol. The van der Waals surface area contributed by atoms with Crippen LogP contribution in [0.25, 0.3) is 11.3 Å². The van der Waals surface area contributed by atoms with Gasteiger partial charge in [0.1, 0.15) is 0 Å². The van der Waals surface area contributed by atoms with Gasteiger partial charge in [0.2, 0.25) is 0 Å². The zero-order valence-corrected chi connectivity index (χ0v) is 14.8. The van der Waals surface area contributed by atoms with E-state index in [1.807, 2.05) is 18.3 Å². The van der Waals surface area contributed by atoms with E-state index in [9.17, 15) is 0 Å². The summed E-state index contributed by atoms with van der Waals surface area (Å²) in [7, 11) is 0. The summed E-state index contributed by atoms with van der Waals surface area (Å²) in [6, 6.07) is 14.9. The number of rotatable bonds is 5. The lowest BCUT2D eigenvalue weighted by atomic mass is 10.1. The minimum Gasteiger partial charge on any atom is -0.379 e. The maximum absolute atomic E-state index is 5.45. The van der Waals surface area contributed by atoms with Gasteiger partial charge in [0.05, 0.1) is 18.9 Å². The van der Waals surface area contributed by atoms with E-state index < -0.39 is 0 Å². The molecule has 2 fully saturated rings. The Balaban J connectivity index is 1.33. The summed E-state index contributed by atoms with van der Waals surface area (Å²) in [6.45, 7) is 8.70. The maximum Gasteiger partial charge on any atom is 0.0702 e. The number of hydrogen-bond acceptors (Lipinski definition) is 4. The molecule has 0 bridgehead atoms. The summed E-state index contributed by atoms with van der Waals surface area (Å²) >= 11 is 0. The molecular formula is C21H27N3O. The van der Waals surface area contributed by atoms with Gasteiger partial charge < -0.3 is 4.74 Å². The number of likely N-dealkylation sites (tertiary alicyclic amines) is 1. The molecule has 0 saturated carbocycles. The van der Waals surface area contributed by atoms with Crippen molar-refractivity contribution in [2.75, 3.05) is 45.9 Å². The van der Waals surface area contributed by atoms with Crippen LogP contribution in [-0.2, 0) is 11.3 Å². The van der Waals surface area contributed by atoms with Gasteiger partial charge in [0.25, 0.3) is 0 Å². The van der Waals surface area contributed by atoms with Crippen molar-refractivity contribution in [2.45, 2.75) is 13.0 Å². The van der Waals surface area contributed by atoms with Gasteiger partial charge in [0.15, 0.2) is 0 Å². The van der Waals surface area contributed by atoms with E-state index in [1.165, 1.54) is 37.2 Å². The third-order valence-electron chi connectivity index (χ3n) is 5.28. The number of ether oxygens (including phenoxy) is 1. The molecule has 4 rings (SSSR count). The van der Waals surface area contributed by atoms with E-state index in [1.54, 1.807) is 0 Å². The van der Waals surface area contributed by atoms with E-state index in [2.05, 4.69) is 45.1 Å². The van der Waals surface area contributed by atoms with Crippen LogP contribution in [-0.4, -0.2) is 60.7 Å². The first-order valence-corrected chi connectivity index (χ1v) is 9.39. The van der Waals surface area contributed by atoms with Crippen LogP contribution in [0.4, 0.5) is 0 Å². The second-order valence-electron chi connectivity index (χ2n) is 7.22. The molecule has 1 aromatic carbocycles. The Morgan fingerprint density at radius 3 is 2.76 bits per heavy atom. The first-order valence-electron chi connectivity index (χ1n) is 9.39. The van der Waals surface area contributed by atoms with Crippen molar-refractivity contribution in [3.05, 3.63) is 54.2 Å². The first kappa shape index (κ1) is 16.7. The summed E-state index contributed by atoms with van der Waals surface area (Å²) in [4.78, 5) is 9.64. The van der Waals surface area contributed by atoms with E-state index >= 15 is 0 Å². The third-order valence-corrected chi connectivity index (χ3v) is 5.28. The number of hydrogen-bond donors (Lipinski definition) is 0. The molecule has 2 aromatic rings. The van der Waals surface area contributed by atoms with E-state index in [-0.39, 0.29) is 0 Å². The molecule has 4 heteroatoms. The Morgan fingerprint density at radius 1 is 1.00 bits per heavy atom. The minimum absolute atomic E-state index is 0.803. The molecule has 1 aromatic heterocycles. The Kier molecular flexibility index (Phi) is 5.40. The van der Waals surface area contributed by atoms with Crippen molar-refractivity contribution in [3.63, 3.8) is 0 Å². The minimum atomic E-state index is 0.803. The molecule has 0 N–H and O–H groups in total. The summed E-state index contributed by atoms with van der Waals surface area (Å²) in [5, 5.41) is 0. The summed E-state index contributed by atoms with van der Waals surface area (Å²) < 4.78 is 5.45. The lowest BCUT2D eigenvalue weighted by Crippen LogP contribution is -2.39. The number of pyridine rings is 1. The van der Waals surface area contributed by atoms with Crippen molar-refractivity contribution < 1.29 is 4.74 Å². The van der Waals surface area contributed by atoms with Crippen LogP contribution in [0.15, 0.2) is 48.7 Å². The maximum atomic E-state index is 5.45. The quantitative estimate of drug-likeness (QED) is 0.839. The Hall–Kier alpha value is -1.75. The molecule has 3 heterocycles. The summed E-state index contributed by atoms with van der Waals surface area (Å²) in [6.07, 6.45) is 3.18. The van der Waals surface area contributed by atoms with Crippen LogP contribution in [0.1, 0.15) is 12.0 Å². The average Bonchev–Trinajstić information content (AvgIpc) is 3.10. The molecule has 2 saturated heterocycles. The topological polar surface area (TPSA) is 28.6 Å². The number of benzene rings is 1. The highest BCUT2D eigenvalue weighted by Crippen LogP contribution is 2.23. The molecule has 1 unspecified atom stereocenters. The van der Waals surface area contributed by atoms with Gasteiger partial charge in [-0.15, -0.1) is 0 Å². The van der Waals surface area contributed by atoms with Crippen molar-refractivity contribution >= 4 is 0 Å². The standard InChI is InChI=1S/C21H27N3O/c1-2-8-22-21(6-1)20-5-3-4-18(14-20)15-24-9-7-19(17-24)16-23-10-12-25-13-11-23/h1-6,8,14,19H,7,9-13,15-17H2. The van der Waals surface area contributed by atoms with Gasteiger partial charge in [-0.05, 0) is 42.6 Å². The summed E-state index contributed by atoms with van der Waals surface area (Å²) in [5.74, 6) is 0.803. The highest BCUT2D eigenvalue weighted by atomic mass is 16.5. The zero-order valence-electron chi connectivity index (χ0n) is 14.8. The molecule has 2 aliphatic rings. The molecule has 1 atom stereocenters. The van der Waals surface area contributed by atoms with E-state index in [4.69, 9.17) is 4.74 Å². The van der Waals surface area contributed by atoms with Gasteiger partial charge >= 0.3 is 0 Å². The van der Waals surface area contributed by atoms with Crippen molar-refractivity contribution in [2.24, 2.45) is 5.92 Å². The van der Waals surface area contributed by atoms with Gasteiger partial charge in [-0.1, -0.05) is 24.3 Å². The van der Waals surface area contributed by atoms with Crippen LogP contribution in [0, 0.1) is 5.92 Å². The van der Waals surface area contributed by atoms with Crippen LogP contribution >= 0.6 is 0 Å². The van der Waals surface area contributed by atoms with Gasteiger partial charge in [-0.2, -0.15) is 0 Å². The second-order valence-corrected chi connectivity index (χ2v) is 7.22. The molecule has 0 radical (unpaired) electrons. The largest absolute Gasteiger partial charge is 0.379 e. The molecule has 0 amide bonds. The zero-order chi connectivity index (χ0) is 16.9. The number of nitrogens with zero attached hydrogens (tertiary/aromatic N) is 3. The fraction of sp³-hybridized carbons (Fsp3) is 0.476. The van der Waals surface area contributed by atoms with Crippen LogP contribution in [0.2, 0.25) is 0 Å². The predicted octanol–water partition coefficient (Wildman–Crippen LogP) is 2.90. The summed E-state index contributed by atoms with van der Waals surface area (Å²) in [5.41, 5.74) is 3.65. The highest BCUT2D eigenvalue weighted by Gasteiger charge is 2.25. The van der Waals surface area contributed by atoms with Crippen LogP contribution < -0.4 is 0 Å². The molecule has 4 nitrogen and oxygen atoms in total. The third kappa shape index (κ3) is 4.46. The Labute approximate surface area is 150 Å². The molecule has 25 heavy (non-hydrogen) atoms. The van der Waals surface area contributed by atoms with Crippen molar-refractivity contribution in [1.82, 2.24) is 14.8 Å². The first-order chi connectivity index (χ1) is 12.4. The van der Waals surface area contributed by atoms with E-state index in [0.717, 1.165) is 44.5 Å². The highest BCUT2D eigenvalue weighted by molar-refractivity contribution is 5.59. The fourth-order valence-electron chi connectivity index (χ4n) is 3.98. The van der Waals surface area contributed by atoms with Gasteiger partial charge in [-0.3, -0.25) is 14.8 Å². The van der Waals surface area contributed by atoms with Crippen LogP contribution in [0.3, 0.4) is 0 Å². The second kappa shape index (κ2) is 8.09. The molecule has 0 aliphatic carbocycles. The normalized spacial score (nSPS) is 22.3. The lowest BCUT2D eigenvalue weighted by molar-refractivity contribution is 0.0311.